The first-order valence-electron chi connectivity index (χ1n) is 5.47. The first-order chi connectivity index (χ1) is 5.74. The Labute approximate surface area is 76.9 Å². The molecule has 12 heavy (non-hydrogen) atoms. The fourth-order valence-electron chi connectivity index (χ4n) is 2.08. The summed E-state index contributed by atoms with van der Waals surface area (Å²) < 4.78 is 0. The number of hydrogen-bond donors (Lipinski definition) is 1. The van der Waals surface area contributed by atoms with Crippen LogP contribution in [0.1, 0.15) is 46.5 Å². The molecule has 1 heteroatoms. The van der Waals surface area contributed by atoms with Gasteiger partial charge in [0.1, 0.15) is 0 Å². The van der Waals surface area contributed by atoms with Gasteiger partial charge in [-0.2, -0.15) is 0 Å². The maximum atomic E-state index is 3.62. The minimum absolute atomic E-state index is 0.816. The van der Waals surface area contributed by atoms with Crippen LogP contribution in [-0.4, -0.2) is 12.6 Å². The van der Waals surface area contributed by atoms with Crippen molar-refractivity contribution in [2.24, 2.45) is 11.8 Å². The molecule has 1 fully saturated rings. The molecule has 0 radical (unpaired) electrons. The quantitative estimate of drug-likeness (QED) is 0.685. The topological polar surface area (TPSA) is 12.0 Å². The van der Waals surface area contributed by atoms with E-state index in [1.54, 1.807) is 0 Å². The molecule has 0 aromatic carbocycles. The highest BCUT2D eigenvalue weighted by molar-refractivity contribution is 4.79. The van der Waals surface area contributed by atoms with E-state index >= 15 is 0 Å². The largest absolute Gasteiger partial charge is 0.314 e. The van der Waals surface area contributed by atoms with Crippen molar-refractivity contribution >= 4 is 0 Å². The van der Waals surface area contributed by atoms with Gasteiger partial charge < -0.3 is 5.32 Å². The molecule has 3 unspecified atom stereocenters. The summed E-state index contributed by atoms with van der Waals surface area (Å²) in [6, 6.07) is 0.816. The van der Waals surface area contributed by atoms with Crippen molar-refractivity contribution in [2.45, 2.75) is 52.5 Å². The van der Waals surface area contributed by atoms with E-state index in [1.807, 2.05) is 0 Å². The van der Waals surface area contributed by atoms with Crippen LogP contribution in [0.5, 0.6) is 0 Å². The Bertz CT molecular complexity index is 120. The molecule has 1 N–H and O–H groups in total. The van der Waals surface area contributed by atoms with E-state index in [4.69, 9.17) is 0 Å². The van der Waals surface area contributed by atoms with Crippen molar-refractivity contribution in [1.82, 2.24) is 5.32 Å². The molecule has 0 aliphatic heterocycles. The highest BCUT2D eigenvalue weighted by Gasteiger charge is 2.23. The van der Waals surface area contributed by atoms with E-state index in [0.29, 0.717) is 0 Å². The molecule has 0 bridgehead atoms. The third kappa shape index (κ3) is 2.78. The van der Waals surface area contributed by atoms with Crippen LogP contribution in [0.15, 0.2) is 0 Å². The van der Waals surface area contributed by atoms with Gasteiger partial charge in [-0.15, -0.1) is 0 Å². The molecule has 0 saturated heterocycles. The van der Waals surface area contributed by atoms with Crippen molar-refractivity contribution in [2.75, 3.05) is 6.54 Å². The van der Waals surface area contributed by atoms with E-state index in [0.717, 1.165) is 17.9 Å². The number of nitrogens with one attached hydrogen (secondary N) is 1. The van der Waals surface area contributed by atoms with Crippen LogP contribution in [-0.2, 0) is 0 Å². The van der Waals surface area contributed by atoms with Gasteiger partial charge in [0.2, 0.25) is 0 Å². The van der Waals surface area contributed by atoms with Gasteiger partial charge in [-0.05, 0) is 44.1 Å². The number of hydrogen-bond acceptors (Lipinski definition) is 1. The highest BCUT2D eigenvalue weighted by atomic mass is 14.9. The van der Waals surface area contributed by atoms with Crippen molar-refractivity contribution < 1.29 is 0 Å². The zero-order chi connectivity index (χ0) is 8.97. The van der Waals surface area contributed by atoms with E-state index in [9.17, 15) is 0 Å². The lowest BCUT2D eigenvalue weighted by Crippen LogP contribution is -2.36. The Balaban J connectivity index is 2.21. The molecule has 72 valence electrons. The van der Waals surface area contributed by atoms with Gasteiger partial charge in [-0.3, -0.25) is 0 Å². The molecule has 3 atom stereocenters. The van der Waals surface area contributed by atoms with Gasteiger partial charge in [-0.25, -0.2) is 0 Å². The van der Waals surface area contributed by atoms with Crippen LogP contribution < -0.4 is 5.32 Å². The van der Waals surface area contributed by atoms with E-state index in [2.05, 4.69) is 26.1 Å². The molecular formula is C11H23N. The van der Waals surface area contributed by atoms with Crippen LogP contribution in [0.4, 0.5) is 0 Å². The molecule has 1 saturated carbocycles. The Morgan fingerprint density at radius 2 is 1.92 bits per heavy atom. The van der Waals surface area contributed by atoms with Crippen molar-refractivity contribution in [3.63, 3.8) is 0 Å². The van der Waals surface area contributed by atoms with Gasteiger partial charge in [0, 0.05) is 6.04 Å². The van der Waals surface area contributed by atoms with Crippen molar-refractivity contribution in [3.05, 3.63) is 0 Å². The second-order valence-electron chi connectivity index (χ2n) is 4.42. The molecule has 0 aromatic rings. The summed E-state index contributed by atoms with van der Waals surface area (Å²) in [7, 11) is 0. The summed E-state index contributed by atoms with van der Waals surface area (Å²) in [6.07, 6.45) is 5.47. The third-order valence-corrected chi connectivity index (χ3v) is 3.28. The van der Waals surface area contributed by atoms with Gasteiger partial charge in [-0.1, -0.05) is 20.8 Å². The fourth-order valence-corrected chi connectivity index (χ4v) is 2.08. The fraction of sp³-hybridized carbons (Fsp3) is 1.00. The lowest BCUT2D eigenvalue weighted by atomic mass is 9.79. The molecule has 1 nitrogen and oxygen atoms in total. The minimum atomic E-state index is 0.816. The van der Waals surface area contributed by atoms with Gasteiger partial charge >= 0.3 is 0 Å². The summed E-state index contributed by atoms with van der Waals surface area (Å²) in [5.41, 5.74) is 0. The third-order valence-electron chi connectivity index (χ3n) is 3.28. The second kappa shape index (κ2) is 4.86. The maximum Gasteiger partial charge on any atom is 0.00697 e. The summed E-state index contributed by atoms with van der Waals surface area (Å²) in [5, 5.41) is 3.62. The zero-order valence-corrected chi connectivity index (χ0v) is 8.77. The maximum absolute atomic E-state index is 3.62. The van der Waals surface area contributed by atoms with Crippen LogP contribution in [0, 0.1) is 11.8 Å². The lowest BCUT2D eigenvalue weighted by molar-refractivity contribution is 0.227. The SMILES string of the molecule is CCCNC1CCC(C)C(C)C1. The summed E-state index contributed by atoms with van der Waals surface area (Å²) in [5.74, 6) is 1.87. The molecule has 0 heterocycles. The van der Waals surface area contributed by atoms with Crippen molar-refractivity contribution in [1.29, 1.82) is 0 Å². The first-order valence-corrected chi connectivity index (χ1v) is 5.47. The Hall–Kier alpha value is -0.0400. The summed E-state index contributed by atoms with van der Waals surface area (Å²) in [6.45, 7) is 8.22. The average Bonchev–Trinajstić information content (AvgIpc) is 2.07. The Kier molecular flexibility index (Phi) is 4.07. The molecule has 1 aliphatic carbocycles. The van der Waals surface area contributed by atoms with E-state index in [1.165, 1.54) is 32.2 Å². The smallest absolute Gasteiger partial charge is 0.00697 e. The van der Waals surface area contributed by atoms with Gasteiger partial charge in [0.15, 0.2) is 0 Å². The van der Waals surface area contributed by atoms with Crippen LogP contribution >= 0.6 is 0 Å². The van der Waals surface area contributed by atoms with Crippen molar-refractivity contribution in [3.8, 4) is 0 Å². The molecule has 0 amide bonds. The standard InChI is InChI=1S/C11H23N/c1-4-7-12-11-6-5-9(2)10(3)8-11/h9-12H,4-8H2,1-3H3. The minimum Gasteiger partial charge on any atom is -0.314 e. The van der Waals surface area contributed by atoms with Crippen LogP contribution in [0.25, 0.3) is 0 Å². The summed E-state index contributed by atoms with van der Waals surface area (Å²) in [4.78, 5) is 0. The van der Waals surface area contributed by atoms with Crippen LogP contribution in [0.2, 0.25) is 0 Å². The average molecular weight is 169 g/mol. The zero-order valence-electron chi connectivity index (χ0n) is 8.77. The monoisotopic (exact) mass is 169 g/mol. The first kappa shape index (κ1) is 10.0. The highest BCUT2D eigenvalue weighted by Crippen LogP contribution is 2.29. The lowest BCUT2D eigenvalue weighted by Gasteiger charge is -2.32. The molecule has 1 rings (SSSR count). The van der Waals surface area contributed by atoms with Gasteiger partial charge in [0.25, 0.3) is 0 Å². The normalized spacial score (nSPS) is 36.8. The van der Waals surface area contributed by atoms with Crippen LogP contribution in [0.3, 0.4) is 0 Å². The molecule has 1 aliphatic rings. The molecular weight excluding hydrogens is 146 g/mol. The Morgan fingerprint density at radius 1 is 1.17 bits per heavy atom. The predicted octanol–water partition coefficient (Wildman–Crippen LogP) is 2.81. The molecule has 0 aromatic heterocycles. The van der Waals surface area contributed by atoms with E-state index in [-0.39, 0.29) is 0 Å². The summed E-state index contributed by atoms with van der Waals surface area (Å²) >= 11 is 0. The molecule has 0 spiro atoms. The second-order valence-corrected chi connectivity index (χ2v) is 4.42. The number of rotatable bonds is 3. The van der Waals surface area contributed by atoms with E-state index < -0.39 is 0 Å². The Morgan fingerprint density at radius 3 is 2.50 bits per heavy atom. The van der Waals surface area contributed by atoms with Gasteiger partial charge in [0.05, 0.1) is 0 Å². The predicted molar refractivity (Wildman–Crippen MR) is 54.3 cm³/mol.